The number of phenolic OH excluding ortho intramolecular Hbond substituents is 1. The van der Waals surface area contributed by atoms with Crippen molar-refractivity contribution in [3.8, 4) is 18.1 Å². The number of phenols is 1. The molecule has 3 N–H and O–H groups in total. The molecule has 8 nitrogen and oxygen atoms in total. The summed E-state index contributed by atoms with van der Waals surface area (Å²) in [6, 6.07) is 11.2. The van der Waals surface area contributed by atoms with E-state index in [9.17, 15) is 19.5 Å². The summed E-state index contributed by atoms with van der Waals surface area (Å²) >= 11 is 0. The van der Waals surface area contributed by atoms with E-state index in [0.717, 1.165) is 12.0 Å². The van der Waals surface area contributed by atoms with Crippen LogP contribution in [0.5, 0.6) is 5.75 Å². The number of benzene rings is 2. The van der Waals surface area contributed by atoms with Crippen LogP contribution >= 0.6 is 0 Å². The van der Waals surface area contributed by atoms with Gasteiger partial charge in [-0.05, 0) is 82.3 Å². The van der Waals surface area contributed by atoms with Crippen LogP contribution in [-0.2, 0) is 20.7 Å². The molecule has 0 aliphatic heterocycles. The van der Waals surface area contributed by atoms with Crippen LogP contribution in [0.3, 0.4) is 0 Å². The fourth-order valence-electron chi connectivity index (χ4n) is 4.43. The van der Waals surface area contributed by atoms with Crippen LogP contribution in [0.25, 0.3) is 0 Å². The molecule has 208 valence electrons. The third kappa shape index (κ3) is 8.25. The van der Waals surface area contributed by atoms with E-state index in [4.69, 9.17) is 11.2 Å². The number of carbonyl (C=O) groups excluding carboxylic acids is 3. The normalized spacial score (nSPS) is 17.9. The maximum Gasteiger partial charge on any atom is 0.408 e. The van der Waals surface area contributed by atoms with E-state index in [1.807, 2.05) is 20.8 Å². The molecule has 3 rings (SSSR count). The third-order valence-electron chi connectivity index (χ3n) is 6.39. The molecular weight excluding hydrogens is 494 g/mol. The van der Waals surface area contributed by atoms with E-state index >= 15 is 0 Å². The van der Waals surface area contributed by atoms with Gasteiger partial charge in [-0.1, -0.05) is 37.1 Å². The highest BCUT2D eigenvalue weighted by Crippen LogP contribution is 2.41. The molecule has 3 amide bonds. The molecular formula is C31H39N3O5. The summed E-state index contributed by atoms with van der Waals surface area (Å²) in [6.07, 6.45) is 5.68. The first-order valence-electron chi connectivity index (χ1n) is 13.3. The van der Waals surface area contributed by atoms with Crippen molar-refractivity contribution in [1.82, 2.24) is 15.5 Å². The SMILES string of the molecule is C#Cc1ccc(C(C(=O)NC(C)C)N(C(=O)C(Cc2ccc(O)cc2)NC(=O)OC(C)(C)C)C2CC2C)cc1. The predicted molar refractivity (Wildman–Crippen MR) is 150 cm³/mol. The fourth-order valence-corrected chi connectivity index (χ4v) is 4.43. The third-order valence-corrected chi connectivity index (χ3v) is 6.39. The molecule has 1 aliphatic rings. The van der Waals surface area contributed by atoms with Gasteiger partial charge in [0.2, 0.25) is 11.8 Å². The second-order valence-corrected chi connectivity index (χ2v) is 11.4. The van der Waals surface area contributed by atoms with E-state index in [1.54, 1.807) is 62.1 Å². The Hall–Kier alpha value is -3.99. The average Bonchev–Trinajstić information content (AvgIpc) is 3.57. The molecule has 39 heavy (non-hydrogen) atoms. The molecule has 4 unspecified atom stereocenters. The number of nitrogens with one attached hydrogen (secondary N) is 2. The molecule has 2 aromatic carbocycles. The minimum atomic E-state index is -1.02. The van der Waals surface area contributed by atoms with Crippen LogP contribution in [0.4, 0.5) is 4.79 Å². The van der Waals surface area contributed by atoms with Gasteiger partial charge in [0.25, 0.3) is 0 Å². The smallest absolute Gasteiger partial charge is 0.408 e. The number of alkyl carbamates (subject to hydrolysis) is 1. The van der Waals surface area contributed by atoms with E-state index in [1.165, 1.54) is 12.1 Å². The van der Waals surface area contributed by atoms with Crippen LogP contribution < -0.4 is 10.6 Å². The molecule has 0 aromatic heterocycles. The number of rotatable bonds is 9. The summed E-state index contributed by atoms with van der Waals surface area (Å²) in [6.45, 7) is 11.0. The monoisotopic (exact) mass is 533 g/mol. The van der Waals surface area contributed by atoms with Crippen LogP contribution in [0.2, 0.25) is 0 Å². The van der Waals surface area contributed by atoms with E-state index < -0.39 is 29.7 Å². The molecule has 0 heterocycles. The van der Waals surface area contributed by atoms with Gasteiger partial charge in [0.1, 0.15) is 23.4 Å². The number of ether oxygens (including phenoxy) is 1. The van der Waals surface area contributed by atoms with Crippen molar-refractivity contribution < 1.29 is 24.2 Å². The number of nitrogens with zero attached hydrogens (tertiary/aromatic N) is 1. The quantitative estimate of drug-likeness (QED) is 0.416. The van der Waals surface area contributed by atoms with Crippen LogP contribution in [0, 0.1) is 18.3 Å². The second kappa shape index (κ2) is 12.2. The Morgan fingerprint density at radius 1 is 1.08 bits per heavy atom. The first kappa shape index (κ1) is 29.6. The van der Waals surface area contributed by atoms with Gasteiger partial charge in [0.05, 0.1) is 0 Å². The van der Waals surface area contributed by atoms with Crippen molar-refractivity contribution in [2.75, 3.05) is 0 Å². The topological polar surface area (TPSA) is 108 Å². The second-order valence-electron chi connectivity index (χ2n) is 11.4. The van der Waals surface area contributed by atoms with Gasteiger partial charge in [-0.2, -0.15) is 0 Å². The summed E-state index contributed by atoms with van der Waals surface area (Å²) < 4.78 is 5.46. The largest absolute Gasteiger partial charge is 0.508 e. The van der Waals surface area contributed by atoms with E-state index in [0.29, 0.717) is 11.1 Å². The number of hydrogen-bond donors (Lipinski definition) is 3. The predicted octanol–water partition coefficient (Wildman–Crippen LogP) is 4.31. The van der Waals surface area contributed by atoms with Gasteiger partial charge in [-0.3, -0.25) is 9.59 Å². The molecule has 1 aliphatic carbocycles. The molecule has 0 saturated heterocycles. The highest BCUT2D eigenvalue weighted by molar-refractivity contribution is 5.93. The maximum atomic E-state index is 14.4. The molecule has 0 spiro atoms. The minimum Gasteiger partial charge on any atom is -0.508 e. The molecule has 1 fully saturated rings. The van der Waals surface area contributed by atoms with Crippen LogP contribution in [0.15, 0.2) is 48.5 Å². The van der Waals surface area contributed by atoms with Crippen molar-refractivity contribution in [2.45, 2.75) is 84.2 Å². The zero-order chi connectivity index (χ0) is 28.9. The lowest BCUT2D eigenvalue weighted by molar-refractivity contribution is -0.143. The molecule has 2 aromatic rings. The Kier molecular flexibility index (Phi) is 9.28. The van der Waals surface area contributed by atoms with Crippen molar-refractivity contribution in [3.05, 3.63) is 65.2 Å². The van der Waals surface area contributed by atoms with Gasteiger partial charge in [0, 0.05) is 24.1 Å². The summed E-state index contributed by atoms with van der Waals surface area (Å²) in [4.78, 5) is 42.4. The molecule has 4 atom stereocenters. The van der Waals surface area contributed by atoms with Crippen LogP contribution in [0.1, 0.15) is 70.7 Å². The summed E-state index contributed by atoms with van der Waals surface area (Å²) in [5.74, 6) is 2.15. The fraction of sp³-hybridized carbons (Fsp3) is 0.452. The molecule has 8 heteroatoms. The number of aromatic hydroxyl groups is 1. The zero-order valence-electron chi connectivity index (χ0n) is 23.5. The van der Waals surface area contributed by atoms with Gasteiger partial charge < -0.3 is 25.4 Å². The standard InChI is InChI=1S/C31H39N3O5/c1-8-21-9-13-23(14-10-21)27(28(36)32-19(2)3)34(26-17-20(26)4)29(37)25(33-30(38)39-31(5,6)7)18-22-11-15-24(35)16-12-22/h1,9-16,19-20,25-27,35H,17-18H2,2-7H3,(H,32,36)(H,33,38). The van der Waals surface area contributed by atoms with Crippen molar-refractivity contribution >= 4 is 17.9 Å². The Morgan fingerprint density at radius 2 is 1.67 bits per heavy atom. The van der Waals surface area contributed by atoms with E-state index in [2.05, 4.69) is 16.6 Å². The van der Waals surface area contributed by atoms with Gasteiger partial charge in [-0.15, -0.1) is 6.42 Å². The lowest BCUT2D eigenvalue weighted by Gasteiger charge is -2.35. The van der Waals surface area contributed by atoms with Gasteiger partial charge in [0.15, 0.2) is 0 Å². The number of carbonyl (C=O) groups is 3. The Morgan fingerprint density at radius 3 is 2.15 bits per heavy atom. The summed E-state index contributed by atoms with van der Waals surface area (Å²) in [5, 5.41) is 15.4. The van der Waals surface area contributed by atoms with Crippen LogP contribution in [-0.4, -0.2) is 51.6 Å². The number of amides is 3. The Labute approximate surface area is 231 Å². The summed E-state index contributed by atoms with van der Waals surface area (Å²) in [5.41, 5.74) is 1.25. The highest BCUT2D eigenvalue weighted by atomic mass is 16.6. The summed E-state index contributed by atoms with van der Waals surface area (Å²) in [7, 11) is 0. The zero-order valence-corrected chi connectivity index (χ0v) is 23.5. The Bertz CT molecular complexity index is 1210. The molecule has 0 bridgehead atoms. The van der Waals surface area contributed by atoms with Crippen molar-refractivity contribution in [1.29, 1.82) is 0 Å². The molecule has 0 radical (unpaired) electrons. The Balaban J connectivity index is 2.04. The first-order chi connectivity index (χ1) is 18.3. The number of terminal acetylenes is 1. The van der Waals surface area contributed by atoms with E-state index in [-0.39, 0.29) is 36.1 Å². The van der Waals surface area contributed by atoms with Gasteiger partial charge in [-0.25, -0.2) is 4.79 Å². The lowest BCUT2D eigenvalue weighted by Crippen LogP contribution is -2.55. The lowest BCUT2D eigenvalue weighted by atomic mass is 9.98. The average molecular weight is 534 g/mol. The first-order valence-corrected chi connectivity index (χ1v) is 13.3. The van der Waals surface area contributed by atoms with Crippen molar-refractivity contribution in [2.24, 2.45) is 5.92 Å². The molecule has 1 saturated carbocycles. The van der Waals surface area contributed by atoms with Gasteiger partial charge >= 0.3 is 6.09 Å². The highest BCUT2D eigenvalue weighted by Gasteiger charge is 2.48. The number of hydrogen-bond acceptors (Lipinski definition) is 5. The van der Waals surface area contributed by atoms with Crippen molar-refractivity contribution in [3.63, 3.8) is 0 Å². The maximum absolute atomic E-state index is 14.4. The minimum absolute atomic E-state index is 0.0935.